The number of nitrogens with one attached hydrogen (secondary N) is 2. The van der Waals surface area contributed by atoms with Gasteiger partial charge in [0.05, 0.1) is 11.6 Å². The minimum absolute atomic E-state index is 0.0165. The van der Waals surface area contributed by atoms with Gasteiger partial charge in [0, 0.05) is 12.2 Å². The molecule has 0 bridgehead atoms. The van der Waals surface area contributed by atoms with Gasteiger partial charge in [-0.15, -0.1) is 5.10 Å². The molecule has 2 atom stereocenters. The second-order valence-electron chi connectivity index (χ2n) is 5.49. The number of nitrogens with zero attached hydrogens (tertiary/aromatic N) is 4. The first kappa shape index (κ1) is 13.7. The molecular formula is C14H18N6O. The number of anilines is 1. The van der Waals surface area contributed by atoms with Gasteiger partial charge in [-0.2, -0.15) is 0 Å². The van der Waals surface area contributed by atoms with Crippen molar-refractivity contribution < 1.29 is 4.79 Å². The Labute approximate surface area is 122 Å². The average molecular weight is 286 g/mol. The third-order valence-electron chi connectivity index (χ3n) is 3.93. The summed E-state index contributed by atoms with van der Waals surface area (Å²) in [6, 6.07) is 5.73. The number of aromatic nitrogens is 4. The number of hydrogen-bond acceptors (Lipinski definition) is 5. The molecule has 0 unspecified atom stereocenters. The zero-order valence-electron chi connectivity index (χ0n) is 12.1. The molecular weight excluding hydrogens is 268 g/mol. The van der Waals surface area contributed by atoms with Crippen LogP contribution in [0, 0.1) is 18.8 Å². The molecule has 1 amide bonds. The molecule has 1 aromatic carbocycles. The van der Waals surface area contributed by atoms with E-state index in [2.05, 4.69) is 33.1 Å². The minimum Gasteiger partial charge on any atom is -0.326 e. The molecule has 110 valence electrons. The second kappa shape index (κ2) is 5.61. The fraction of sp³-hybridized carbons (Fsp3) is 0.429. The van der Waals surface area contributed by atoms with Crippen LogP contribution in [0.15, 0.2) is 24.5 Å². The van der Waals surface area contributed by atoms with Gasteiger partial charge < -0.3 is 10.6 Å². The van der Waals surface area contributed by atoms with Gasteiger partial charge in [-0.25, -0.2) is 4.68 Å². The Kier molecular flexibility index (Phi) is 3.66. The van der Waals surface area contributed by atoms with Gasteiger partial charge in [0.15, 0.2) is 0 Å². The summed E-state index contributed by atoms with van der Waals surface area (Å²) in [6.45, 7) is 5.69. The summed E-state index contributed by atoms with van der Waals surface area (Å²) < 4.78 is 1.59. The number of benzene rings is 1. The van der Waals surface area contributed by atoms with E-state index in [1.165, 1.54) is 6.33 Å². The van der Waals surface area contributed by atoms with E-state index in [-0.39, 0.29) is 11.8 Å². The lowest BCUT2D eigenvalue weighted by Gasteiger charge is -2.15. The van der Waals surface area contributed by atoms with Crippen molar-refractivity contribution in [3.05, 3.63) is 30.1 Å². The van der Waals surface area contributed by atoms with Crippen LogP contribution in [0.4, 0.5) is 5.69 Å². The standard InChI is InChI=1S/C14H18N6O/c1-9-3-4-11(5-13(9)20-8-16-18-19-20)17-14(21)12-7-15-6-10(12)2/h3-5,8,10,12,15H,6-7H2,1-2H3,(H,17,21)/t10-,12-/m1/s1. The van der Waals surface area contributed by atoms with E-state index in [1.807, 2.05) is 25.1 Å². The van der Waals surface area contributed by atoms with Crippen molar-refractivity contribution in [1.29, 1.82) is 0 Å². The third kappa shape index (κ3) is 2.78. The number of amides is 1. The van der Waals surface area contributed by atoms with Crippen LogP contribution in [0.3, 0.4) is 0 Å². The summed E-state index contributed by atoms with van der Waals surface area (Å²) in [5, 5.41) is 17.4. The van der Waals surface area contributed by atoms with Crippen LogP contribution >= 0.6 is 0 Å². The summed E-state index contributed by atoms with van der Waals surface area (Å²) in [5.74, 6) is 0.427. The van der Waals surface area contributed by atoms with Gasteiger partial charge in [0.1, 0.15) is 6.33 Å². The Balaban J connectivity index is 1.80. The molecule has 7 nitrogen and oxygen atoms in total. The molecule has 3 rings (SSSR count). The maximum atomic E-state index is 12.3. The molecule has 2 heterocycles. The van der Waals surface area contributed by atoms with Gasteiger partial charge in [-0.05, 0) is 47.5 Å². The van der Waals surface area contributed by atoms with Crippen molar-refractivity contribution >= 4 is 11.6 Å². The van der Waals surface area contributed by atoms with Crippen molar-refractivity contribution in [1.82, 2.24) is 25.5 Å². The van der Waals surface area contributed by atoms with E-state index in [1.54, 1.807) is 4.68 Å². The molecule has 1 fully saturated rings. The highest BCUT2D eigenvalue weighted by Crippen LogP contribution is 2.21. The Morgan fingerprint density at radius 3 is 2.95 bits per heavy atom. The smallest absolute Gasteiger partial charge is 0.229 e. The lowest BCUT2D eigenvalue weighted by atomic mass is 9.97. The molecule has 1 saturated heterocycles. The normalized spacial score (nSPS) is 21.4. The number of hydrogen-bond donors (Lipinski definition) is 2. The van der Waals surface area contributed by atoms with Crippen LogP contribution in [0.25, 0.3) is 5.69 Å². The van der Waals surface area contributed by atoms with E-state index in [4.69, 9.17) is 0 Å². The summed E-state index contributed by atoms with van der Waals surface area (Å²) in [6.07, 6.45) is 1.54. The summed E-state index contributed by atoms with van der Waals surface area (Å²) in [7, 11) is 0. The van der Waals surface area contributed by atoms with Gasteiger partial charge >= 0.3 is 0 Å². The average Bonchev–Trinajstić information content (AvgIpc) is 3.12. The lowest BCUT2D eigenvalue weighted by Crippen LogP contribution is -2.27. The van der Waals surface area contributed by atoms with E-state index < -0.39 is 0 Å². The van der Waals surface area contributed by atoms with Crippen molar-refractivity contribution in [2.24, 2.45) is 11.8 Å². The highest BCUT2D eigenvalue weighted by Gasteiger charge is 2.29. The number of rotatable bonds is 3. The highest BCUT2D eigenvalue weighted by atomic mass is 16.1. The highest BCUT2D eigenvalue weighted by molar-refractivity contribution is 5.93. The number of carbonyl (C=O) groups is 1. The van der Waals surface area contributed by atoms with Crippen LogP contribution in [0.5, 0.6) is 0 Å². The molecule has 0 saturated carbocycles. The van der Waals surface area contributed by atoms with Crippen molar-refractivity contribution in [3.8, 4) is 5.69 Å². The van der Waals surface area contributed by atoms with E-state index in [0.29, 0.717) is 5.92 Å². The topological polar surface area (TPSA) is 84.7 Å². The predicted molar refractivity (Wildman–Crippen MR) is 78.0 cm³/mol. The zero-order chi connectivity index (χ0) is 14.8. The Hall–Kier alpha value is -2.28. The zero-order valence-corrected chi connectivity index (χ0v) is 12.1. The Bertz CT molecular complexity index is 639. The van der Waals surface area contributed by atoms with Gasteiger partial charge in [0.25, 0.3) is 0 Å². The molecule has 2 aromatic rings. The van der Waals surface area contributed by atoms with Gasteiger partial charge in [-0.1, -0.05) is 13.0 Å². The maximum absolute atomic E-state index is 12.3. The van der Waals surface area contributed by atoms with Crippen LogP contribution < -0.4 is 10.6 Å². The van der Waals surface area contributed by atoms with Crippen LogP contribution in [0.1, 0.15) is 12.5 Å². The van der Waals surface area contributed by atoms with Gasteiger partial charge in [-0.3, -0.25) is 4.79 Å². The molecule has 0 radical (unpaired) electrons. The van der Waals surface area contributed by atoms with Crippen molar-refractivity contribution in [3.63, 3.8) is 0 Å². The fourth-order valence-corrected chi connectivity index (χ4v) is 2.60. The van der Waals surface area contributed by atoms with E-state index in [0.717, 1.165) is 30.0 Å². The first-order valence-electron chi connectivity index (χ1n) is 7.01. The quantitative estimate of drug-likeness (QED) is 0.870. The van der Waals surface area contributed by atoms with Crippen LogP contribution in [0.2, 0.25) is 0 Å². The molecule has 1 aromatic heterocycles. The molecule has 0 aliphatic carbocycles. The lowest BCUT2D eigenvalue weighted by molar-refractivity contribution is -0.120. The molecule has 2 N–H and O–H groups in total. The number of tetrazole rings is 1. The van der Waals surface area contributed by atoms with E-state index >= 15 is 0 Å². The third-order valence-corrected chi connectivity index (χ3v) is 3.93. The first-order valence-corrected chi connectivity index (χ1v) is 7.01. The van der Waals surface area contributed by atoms with Crippen molar-refractivity contribution in [2.45, 2.75) is 13.8 Å². The maximum Gasteiger partial charge on any atom is 0.229 e. The second-order valence-corrected chi connectivity index (χ2v) is 5.49. The molecule has 1 aliphatic rings. The van der Waals surface area contributed by atoms with Gasteiger partial charge in [0.2, 0.25) is 5.91 Å². The van der Waals surface area contributed by atoms with E-state index in [9.17, 15) is 4.79 Å². The summed E-state index contributed by atoms with van der Waals surface area (Å²) >= 11 is 0. The first-order chi connectivity index (χ1) is 10.1. The van der Waals surface area contributed by atoms with Crippen LogP contribution in [-0.2, 0) is 4.79 Å². The molecule has 0 spiro atoms. The number of aryl methyl sites for hydroxylation is 1. The summed E-state index contributed by atoms with van der Waals surface area (Å²) in [5.41, 5.74) is 2.65. The Morgan fingerprint density at radius 1 is 1.43 bits per heavy atom. The fourth-order valence-electron chi connectivity index (χ4n) is 2.60. The Morgan fingerprint density at radius 2 is 2.29 bits per heavy atom. The largest absolute Gasteiger partial charge is 0.326 e. The monoisotopic (exact) mass is 286 g/mol. The SMILES string of the molecule is Cc1ccc(NC(=O)[C@@H]2CNC[C@H]2C)cc1-n1cnnn1. The predicted octanol–water partition coefficient (Wildman–Crippen LogP) is 0.765. The minimum atomic E-state index is 0.0165. The molecule has 1 aliphatic heterocycles. The summed E-state index contributed by atoms with van der Waals surface area (Å²) in [4.78, 5) is 12.3. The van der Waals surface area contributed by atoms with Crippen molar-refractivity contribution in [2.75, 3.05) is 18.4 Å². The molecule has 7 heteroatoms. The number of carbonyl (C=O) groups excluding carboxylic acids is 1. The molecule has 21 heavy (non-hydrogen) atoms. The van der Waals surface area contributed by atoms with Crippen LogP contribution in [-0.4, -0.2) is 39.2 Å².